The first kappa shape index (κ1) is 31.2. The molecule has 0 unspecified atom stereocenters. The van der Waals surface area contributed by atoms with Gasteiger partial charge in [-0.1, -0.05) is 142 Å². The van der Waals surface area contributed by atoms with Crippen molar-refractivity contribution < 1.29 is 4.57 Å². The van der Waals surface area contributed by atoms with Gasteiger partial charge in [0.05, 0.1) is 13.1 Å². The second-order valence-electron chi connectivity index (χ2n) is 11.0. The highest BCUT2D eigenvalue weighted by Crippen LogP contribution is 2.14. The van der Waals surface area contributed by atoms with Crippen LogP contribution in [0, 0.1) is 6.92 Å². The molecule has 200 valence electrons. The maximum Gasteiger partial charge on any atom is 0.253 e. The van der Waals surface area contributed by atoms with Crippen LogP contribution in [0.4, 0.5) is 0 Å². The lowest BCUT2D eigenvalue weighted by atomic mass is 10.0. The van der Waals surface area contributed by atoms with Gasteiger partial charge in [0.25, 0.3) is 5.82 Å². The largest absolute Gasteiger partial charge is 0.253 e. The number of aromatic nitrogens is 2. The van der Waals surface area contributed by atoms with Gasteiger partial charge in [-0.3, -0.25) is 0 Å². The van der Waals surface area contributed by atoms with Gasteiger partial charge in [-0.15, -0.1) is 0 Å². The molecule has 0 amide bonds. The highest BCUT2D eigenvalue weighted by molar-refractivity contribution is 4.79. The molecule has 1 heterocycles. The molecule has 1 aromatic rings. The van der Waals surface area contributed by atoms with Crippen LogP contribution in [-0.2, 0) is 13.1 Å². The summed E-state index contributed by atoms with van der Waals surface area (Å²) in [6.45, 7) is 9.30. The quantitative estimate of drug-likeness (QED) is 0.0930. The first-order valence-corrected chi connectivity index (χ1v) is 15.8. The summed E-state index contributed by atoms with van der Waals surface area (Å²) in [6.07, 6.45) is 39.0. The zero-order chi connectivity index (χ0) is 24.5. The number of aryl methyl sites for hydroxylation is 2. The minimum absolute atomic E-state index is 1.20. The van der Waals surface area contributed by atoms with E-state index in [1.54, 1.807) is 0 Å². The van der Waals surface area contributed by atoms with Gasteiger partial charge in [-0.2, -0.15) is 0 Å². The zero-order valence-corrected chi connectivity index (χ0v) is 23.9. The van der Waals surface area contributed by atoms with Crippen molar-refractivity contribution in [3.05, 3.63) is 18.2 Å². The van der Waals surface area contributed by atoms with Crippen LogP contribution in [0.15, 0.2) is 12.4 Å². The lowest BCUT2D eigenvalue weighted by molar-refractivity contribution is -0.702. The van der Waals surface area contributed by atoms with Crippen molar-refractivity contribution in [1.82, 2.24) is 4.57 Å². The minimum Gasteiger partial charge on any atom is -0.234 e. The van der Waals surface area contributed by atoms with E-state index in [9.17, 15) is 0 Å². The Bertz CT molecular complexity index is 533. The number of nitrogens with zero attached hydrogens (tertiary/aromatic N) is 2. The molecule has 0 fully saturated rings. The molecule has 0 saturated heterocycles. The molecule has 0 aliphatic heterocycles. The zero-order valence-electron chi connectivity index (χ0n) is 23.9. The van der Waals surface area contributed by atoms with Crippen molar-refractivity contribution in [3.63, 3.8) is 0 Å². The lowest BCUT2D eigenvalue weighted by Gasteiger charge is -2.04. The van der Waals surface area contributed by atoms with Crippen molar-refractivity contribution in [2.24, 2.45) is 0 Å². The van der Waals surface area contributed by atoms with E-state index in [1.807, 2.05) is 0 Å². The summed E-state index contributed by atoms with van der Waals surface area (Å²) in [5.74, 6) is 1.45. The van der Waals surface area contributed by atoms with Crippen molar-refractivity contribution in [2.45, 2.75) is 188 Å². The van der Waals surface area contributed by atoms with Crippen LogP contribution in [0.5, 0.6) is 0 Å². The van der Waals surface area contributed by atoms with Gasteiger partial charge >= 0.3 is 0 Å². The van der Waals surface area contributed by atoms with E-state index in [1.165, 1.54) is 173 Å². The summed E-state index contributed by atoms with van der Waals surface area (Å²) in [5, 5.41) is 0. The van der Waals surface area contributed by atoms with Gasteiger partial charge in [0, 0.05) is 6.92 Å². The second-order valence-corrected chi connectivity index (χ2v) is 11.0. The molecule has 0 N–H and O–H groups in total. The van der Waals surface area contributed by atoms with Crippen LogP contribution in [0.2, 0.25) is 0 Å². The molecule has 0 aliphatic carbocycles. The number of rotatable bonds is 26. The fourth-order valence-electron chi connectivity index (χ4n) is 5.26. The fraction of sp³-hybridized carbons (Fsp3) is 0.906. The van der Waals surface area contributed by atoms with Gasteiger partial charge in [0.1, 0.15) is 12.4 Å². The Morgan fingerprint density at radius 3 is 1.26 bits per heavy atom. The van der Waals surface area contributed by atoms with Crippen molar-refractivity contribution in [3.8, 4) is 0 Å². The molecule has 2 nitrogen and oxygen atoms in total. The minimum atomic E-state index is 1.20. The molecule has 0 aromatic carbocycles. The normalized spacial score (nSPS) is 11.5. The van der Waals surface area contributed by atoms with Crippen LogP contribution >= 0.6 is 0 Å². The SMILES string of the molecule is CCCCCCCCCCCCCCCCCCCn1cc[n+](CCCCCCCCC)c1C. The Morgan fingerprint density at radius 1 is 0.500 bits per heavy atom. The topological polar surface area (TPSA) is 8.81 Å². The molecule has 0 bridgehead atoms. The Morgan fingerprint density at radius 2 is 0.853 bits per heavy atom. The summed E-state index contributed by atoms with van der Waals surface area (Å²) >= 11 is 0. The Balaban J connectivity index is 1.87. The molecule has 0 atom stereocenters. The van der Waals surface area contributed by atoms with Crippen LogP contribution in [-0.4, -0.2) is 4.57 Å². The summed E-state index contributed by atoms with van der Waals surface area (Å²) in [5.41, 5.74) is 0. The summed E-state index contributed by atoms with van der Waals surface area (Å²) in [6, 6.07) is 0. The summed E-state index contributed by atoms with van der Waals surface area (Å²) < 4.78 is 4.95. The highest BCUT2D eigenvalue weighted by atomic mass is 15.1. The molecule has 1 aromatic heterocycles. The van der Waals surface area contributed by atoms with E-state index >= 15 is 0 Å². The number of hydrogen-bond donors (Lipinski definition) is 0. The van der Waals surface area contributed by atoms with Crippen molar-refractivity contribution in [2.75, 3.05) is 0 Å². The predicted molar refractivity (Wildman–Crippen MR) is 152 cm³/mol. The number of hydrogen-bond acceptors (Lipinski definition) is 0. The summed E-state index contributed by atoms with van der Waals surface area (Å²) in [4.78, 5) is 0. The third kappa shape index (κ3) is 17.6. The molecule has 0 spiro atoms. The van der Waals surface area contributed by atoms with E-state index < -0.39 is 0 Å². The van der Waals surface area contributed by atoms with Crippen molar-refractivity contribution >= 4 is 0 Å². The first-order valence-electron chi connectivity index (χ1n) is 15.8. The van der Waals surface area contributed by atoms with E-state index in [-0.39, 0.29) is 0 Å². The fourth-order valence-corrected chi connectivity index (χ4v) is 5.26. The Hall–Kier alpha value is -0.790. The Labute approximate surface area is 215 Å². The Kier molecular flexibility index (Phi) is 22.0. The smallest absolute Gasteiger partial charge is 0.234 e. The standard InChI is InChI=1S/C32H63N2/c1-4-6-8-10-12-13-14-15-16-17-18-19-20-21-23-25-27-29-34-31-30-33(32(34)3)28-26-24-22-11-9-7-5-2/h30-31H,4-29H2,1-3H3/q+1. The third-order valence-corrected chi connectivity index (χ3v) is 7.76. The van der Waals surface area contributed by atoms with E-state index in [0.717, 1.165) is 0 Å². The molecule has 1 rings (SSSR count). The molecule has 2 heteroatoms. The average Bonchev–Trinajstić information content (AvgIpc) is 3.19. The second kappa shape index (κ2) is 23.9. The van der Waals surface area contributed by atoms with Gasteiger partial charge in [0.2, 0.25) is 0 Å². The average molecular weight is 476 g/mol. The number of imidazole rings is 1. The molecule has 0 saturated carbocycles. The van der Waals surface area contributed by atoms with E-state index in [2.05, 4.69) is 42.3 Å². The monoisotopic (exact) mass is 475 g/mol. The van der Waals surface area contributed by atoms with Crippen LogP contribution in [0.25, 0.3) is 0 Å². The molecule has 0 radical (unpaired) electrons. The van der Waals surface area contributed by atoms with E-state index in [4.69, 9.17) is 0 Å². The van der Waals surface area contributed by atoms with Crippen LogP contribution < -0.4 is 4.57 Å². The van der Waals surface area contributed by atoms with E-state index in [0.29, 0.717) is 0 Å². The molecular weight excluding hydrogens is 412 g/mol. The third-order valence-electron chi connectivity index (χ3n) is 7.76. The van der Waals surface area contributed by atoms with Crippen LogP contribution in [0.1, 0.15) is 174 Å². The highest BCUT2D eigenvalue weighted by Gasteiger charge is 2.11. The van der Waals surface area contributed by atoms with Gasteiger partial charge in [-0.05, 0) is 25.7 Å². The van der Waals surface area contributed by atoms with Gasteiger partial charge in [-0.25, -0.2) is 9.13 Å². The molecule has 34 heavy (non-hydrogen) atoms. The van der Waals surface area contributed by atoms with Crippen molar-refractivity contribution in [1.29, 1.82) is 0 Å². The van der Waals surface area contributed by atoms with Gasteiger partial charge < -0.3 is 0 Å². The molecular formula is C32H63N2+. The lowest BCUT2D eigenvalue weighted by Crippen LogP contribution is -2.35. The predicted octanol–water partition coefficient (Wildman–Crippen LogP) is 10.5. The van der Waals surface area contributed by atoms with Crippen LogP contribution in [0.3, 0.4) is 0 Å². The maximum atomic E-state index is 2.48. The first-order chi connectivity index (χ1) is 16.8. The summed E-state index contributed by atoms with van der Waals surface area (Å²) in [7, 11) is 0. The molecule has 0 aliphatic rings. The maximum absolute atomic E-state index is 2.48. The van der Waals surface area contributed by atoms with Gasteiger partial charge in [0.15, 0.2) is 0 Å². The number of unbranched alkanes of at least 4 members (excludes halogenated alkanes) is 22.